The Morgan fingerprint density at radius 1 is 1.30 bits per heavy atom. The van der Waals surface area contributed by atoms with Crippen molar-refractivity contribution < 1.29 is 18.8 Å². The van der Waals surface area contributed by atoms with Gasteiger partial charge in [0.25, 0.3) is 0 Å². The van der Waals surface area contributed by atoms with Gasteiger partial charge in [0.2, 0.25) is 5.92 Å². The van der Waals surface area contributed by atoms with Crippen molar-refractivity contribution in [2.75, 3.05) is 0 Å². The van der Waals surface area contributed by atoms with E-state index in [-0.39, 0.29) is 18.6 Å². The molecule has 0 amide bonds. The van der Waals surface area contributed by atoms with E-state index < -0.39 is 12.3 Å². The van der Waals surface area contributed by atoms with Crippen molar-refractivity contribution >= 4 is 17.1 Å². The van der Waals surface area contributed by atoms with Gasteiger partial charge in [-0.25, -0.2) is 13.8 Å². The number of aromatic nitrogens is 2. The molecule has 156 valence electrons. The number of nitrogens with zero attached hydrogens (tertiary/aromatic N) is 3. The van der Waals surface area contributed by atoms with Gasteiger partial charge in [-0.2, -0.15) is 0 Å². The summed E-state index contributed by atoms with van der Waals surface area (Å²) in [4.78, 5) is 16.6. The Hall–Kier alpha value is -3.09. The van der Waals surface area contributed by atoms with Crippen LogP contribution >= 0.6 is 0 Å². The van der Waals surface area contributed by atoms with E-state index in [2.05, 4.69) is 10.1 Å². The smallest absolute Gasteiger partial charge is 0.245 e. The zero-order valence-electron chi connectivity index (χ0n) is 16.7. The first-order chi connectivity index (χ1) is 14.3. The number of alkyl halides is 2. The Labute approximate surface area is 173 Å². The number of fused-ring (bicyclic) bond motifs is 1. The van der Waals surface area contributed by atoms with Gasteiger partial charge < -0.3 is 5.21 Å². The number of pyridine rings is 1. The molecular formula is C23H23F2N3O2. The fourth-order valence-corrected chi connectivity index (χ4v) is 3.60. The Balaban J connectivity index is 1.55. The van der Waals surface area contributed by atoms with Gasteiger partial charge in [0.05, 0.1) is 17.6 Å². The number of hydrogen-bond acceptors (Lipinski definition) is 4. The summed E-state index contributed by atoms with van der Waals surface area (Å²) >= 11 is 0. The average molecular weight is 411 g/mol. The molecule has 30 heavy (non-hydrogen) atoms. The predicted octanol–water partition coefficient (Wildman–Crippen LogP) is 5.14. The van der Waals surface area contributed by atoms with Gasteiger partial charge in [0, 0.05) is 42.5 Å². The van der Waals surface area contributed by atoms with Gasteiger partial charge in [-0.1, -0.05) is 23.4 Å². The predicted molar refractivity (Wildman–Crippen MR) is 110 cm³/mol. The Kier molecular flexibility index (Phi) is 5.37. The Morgan fingerprint density at radius 2 is 2.10 bits per heavy atom. The van der Waals surface area contributed by atoms with Crippen LogP contribution in [0.25, 0.3) is 16.9 Å². The standard InChI is InChI=1S/C23H23F2N3O2/c1-23(24,25)9-7-19(29)12-15-3-2-4-17(11-15)20-14-26-21-13-18(8-10-28(20)21)22(27-30)16-5-6-16/h2-4,8,10-11,13-14,16,30H,5-7,9,12H2,1H3. The maximum Gasteiger partial charge on any atom is 0.245 e. The molecule has 1 aliphatic rings. The topological polar surface area (TPSA) is 67.0 Å². The minimum atomic E-state index is -2.83. The lowest BCUT2D eigenvalue weighted by atomic mass is 10.0. The SMILES string of the molecule is CC(F)(F)CCC(=O)Cc1cccc(-c2cnc3cc(C(=NO)C4CC4)ccn23)c1. The Bertz CT molecular complexity index is 1110. The van der Waals surface area contributed by atoms with Gasteiger partial charge in [-0.15, -0.1) is 0 Å². The molecule has 1 N–H and O–H groups in total. The molecule has 2 aromatic heterocycles. The summed E-state index contributed by atoms with van der Waals surface area (Å²) in [7, 11) is 0. The third kappa shape index (κ3) is 4.56. The third-order valence-electron chi connectivity index (χ3n) is 5.35. The molecule has 0 bridgehead atoms. The molecular weight excluding hydrogens is 388 g/mol. The molecule has 0 atom stereocenters. The number of halogens is 2. The van der Waals surface area contributed by atoms with Gasteiger partial charge in [-0.05, 0) is 43.5 Å². The number of rotatable bonds is 8. The van der Waals surface area contributed by atoms with Crippen LogP contribution in [0.3, 0.4) is 0 Å². The average Bonchev–Trinajstić information content (AvgIpc) is 3.45. The highest BCUT2D eigenvalue weighted by atomic mass is 19.3. The molecule has 0 unspecified atom stereocenters. The van der Waals surface area contributed by atoms with Crippen LogP contribution < -0.4 is 0 Å². The van der Waals surface area contributed by atoms with E-state index in [1.807, 2.05) is 47.0 Å². The molecule has 4 rings (SSSR count). The highest BCUT2D eigenvalue weighted by Crippen LogP contribution is 2.33. The van der Waals surface area contributed by atoms with Crippen LogP contribution in [-0.2, 0) is 11.2 Å². The van der Waals surface area contributed by atoms with Crippen molar-refractivity contribution in [3.63, 3.8) is 0 Å². The maximum atomic E-state index is 13.0. The highest BCUT2D eigenvalue weighted by Gasteiger charge is 2.29. The van der Waals surface area contributed by atoms with Crippen molar-refractivity contribution in [3.05, 3.63) is 59.9 Å². The number of oxime groups is 1. The number of imidazole rings is 1. The molecule has 0 spiro atoms. The molecule has 2 heterocycles. The minimum absolute atomic E-state index is 0.127. The summed E-state index contributed by atoms with van der Waals surface area (Å²) in [6.45, 7) is 0.830. The van der Waals surface area contributed by atoms with E-state index >= 15 is 0 Å². The normalized spacial score (nSPS) is 15.0. The first-order valence-corrected chi connectivity index (χ1v) is 10.0. The van der Waals surface area contributed by atoms with Crippen LogP contribution in [0.4, 0.5) is 8.78 Å². The van der Waals surface area contributed by atoms with Crippen LogP contribution in [0.2, 0.25) is 0 Å². The summed E-state index contributed by atoms with van der Waals surface area (Å²) in [5.74, 6) is -2.71. The van der Waals surface area contributed by atoms with E-state index in [1.54, 1.807) is 6.20 Å². The number of Topliss-reactive ketones (excluding diaryl/α,β-unsaturated/α-hetero) is 1. The molecule has 5 nitrogen and oxygen atoms in total. The van der Waals surface area contributed by atoms with Gasteiger partial charge in [0.1, 0.15) is 11.4 Å². The fraction of sp³-hybridized carbons (Fsp3) is 0.348. The monoisotopic (exact) mass is 411 g/mol. The summed E-state index contributed by atoms with van der Waals surface area (Å²) in [6.07, 6.45) is 5.27. The lowest BCUT2D eigenvalue weighted by Crippen LogP contribution is -2.13. The summed E-state index contributed by atoms with van der Waals surface area (Å²) in [6, 6.07) is 11.3. The van der Waals surface area contributed by atoms with Crippen LogP contribution in [0, 0.1) is 5.92 Å². The van der Waals surface area contributed by atoms with Crippen molar-refractivity contribution in [3.8, 4) is 11.3 Å². The van der Waals surface area contributed by atoms with Crippen molar-refractivity contribution in [1.29, 1.82) is 0 Å². The fourth-order valence-electron chi connectivity index (χ4n) is 3.60. The number of hydrogen-bond donors (Lipinski definition) is 1. The van der Waals surface area contributed by atoms with E-state index in [1.165, 1.54) is 0 Å². The first kappa shape index (κ1) is 20.2. The maximum absolute atomic E-state index is 13.0. The second kappa shape index (κ2) is 7.97. The van der Waals surface area contributed by atoms with E-state index in [0.29, 0.717) is 11.6 Å². The third-order valence-corrected chi connectivity index (χ3v) is 5.35. The number of carbonyl (C=O) groups excluding carboxylic acids is 1. The molecule has 0 radical (unpaired) electrons. The first-order valence-electron chi connectivity index (χ1n) is 10.0. The summed E-state index contributed by atoms with van der Waals surface area (Å²) < 4.78 is 27.9. The molecule has 1 saturated carbocycles. The summed E-state index contributed by atoms with van der Waals surface area (Å²) in [5, 5.41) is 12.8. The van der Waals surface area contributed by atoms with E-state index in [0.717, 1.165) is 47.8 Å². The quantitative estimate of drug-likeness (QED) is 0.317. The van der Waals surface area contributed by atoms with Crippen molar-refractivity contribution in [2.45, 2.75) is 45.0 Å². The van der Waals surface area contributed by atoms with Gasteiger partial charge in [-0.3, -0.25) is 9.20 Å². The number of ketones is 1. The molecule has 1 aromatic carbocycles. The number of benzene rings is 1. The van der Waals surface area contributed by atoms with Crippen LogP contribution in [0.1, 0.15) is 43.7 Å². The lowest BCUT2D eigenvalue weighted by Gasteiger charge is -2.09. The minimum Gasteiger partial charge on any atom is -0.411 e. The molecule has 3 aromatic rings. The second-order valence-electron chi connectivity index (χ2n) is 8.03. The second-order valence-corrected chi connectivity index (χ2v) is 8.03. The van der Waals surface area contributed by atoms with Gasteiger partial charge >= 0.3 is 0 Å². The van der Waals surface area contributed by atoms with Crippen molar-refractivity contribution in [2.24, 2.45) is 11.1 Å². The van der Waals surface area contributed by atoms with E-state index in [4.69, 9.17) is 0 Å². The van der Waals surface area contributed by atoms with Gasteiger partial charge in [0.15, 0.2) is 0 Å². The highest BCUT2D eigenvalue weighted by molar-refractivity contribution is 6.03. The van der Waals surface area contributed by atoms with Crippen molar-refractivity contribution in [1.82, 2.24) is 9.38 Å². The Morgan fingerprint density at radius 3 is 2.80 bits per heavy atom. The lowest BCUT2D eigenvalue weighted by molar-refractivity contribution is -0.120. The summed E-state index contributed by atoms with van der Waals surface area (Å²) in [5.41, 5.74) is 4.82. The van der Waals surface area contributed by atoms with Crippen LogP contribution in [-0.4, -0.2) is 32.0 Å². The number of carbonyl (C=O) groups is 1. The zero-order valence-corrected chi connectivity index (χ0v) is 16.7. The van der Waals surface area contributed by atoms with Crippen LogP contribution in [0.5, 0.6) is 0 Å². The molecule has 1 fully saturated rings. The largest absolute Gasteiger partial charge is 0.411 e. The molecule has 0 saturated heterocycles. The molecule has 0 aliphatic heterocycles. The molecule has 1 aliphatic carbocycles. The van der Waals surface area contributed by atoms with E-state index in [9.17, 15) is 18.8 Å². The zero-order chi connectivity index (χ0) is 21.3. The van der Waals surface area contributed by atoms with Crippen LogP contribution in [0.15, 0.2) is 53.9 Å². The molecule has 7 heteroatoms.